The van der Waals surface area contributed by atoms with Crippen molar-refractivity contribution in [3.63, 3.8) is 0 Å². The van der Waals surface area contributed by atoms with E-state index in [0.29, 0.717) is 22.9 Å². The molecule has 200 valence electrons. The highest BCUT2D eigenvalue weighted by Gasteiger charge is 2.54. The quantitative estimate of drug-likeness (QED) is 0.190. The summed E-state index contributed by atoms with van der Waals surface area (Å²) in [5.41, 5.74) is 0.284. The number of nitrogens with zero attached hydrogens (tertiary/aromatic N) is 6. The van der Waals surface area contributed by atoms with E-state index >= 15 is 0 Å². The molecule has 4 rings (SSSR count). The van der Waals surface area contributed by atoms with Gasteiger partial charge in [-0.25, -0.2) is 22.9 Å². The fraction of sp³-hybridized carbons (Fsp3) is 0.500. The molecule has 2 aliphatic rings. The number of aliphatic hydroxyl groups is 1. The number of hydrogen-bond acceptors (Lipinski definition) is 13. The first-order valence-electron chi connectivity index (χ1n) is 10.7. The molecule has 2 aromatic heterocycles. The lowest BCUT2D eigenvalue weighted by atomic mass is 10.0. The first-order valence-corrected chi connectivity index (χ1v) is 15.3. The maximum absolute atomic E-state index is 12.8. The Morgan fingerprint density at radius 3 is 2.78 bits per heavy atom. The Bertz CT molecular complexity index is 1360. The summed E-state index contributed by atoms with van der Waals surface area (Å²) in [6.07, 6.45) is -1.35. The third kappa shape index (κ3) is 5.74. The molecule has 2 unspecified atom stereocenters. The van der Waals surface area contributed by atoms with Gasteiger partial charge in [-0.05, 0) is 22.4 Å². The van der Waals surface area contributed by atoms with Gasteiger partial charge < -0.3 is 15.5 Å². The number of β-lactam (4-membered cyclic amide) rings is 1. The van der Waals surface area contributed by atoms with Gasteiger partial charge in [0.05, 0.1) is 11.4 Å². The second kappa shape index (κ2) is 10.9. The summed E-state index contributed by atoms with van der Waals surface area (Å²) in [5.74, 6) is -2.35. The van der Waals surface area contributed by atoms with Crippen molar-refractivity contribution in [3.05, 3.63) is 22.3 Å². The van der Waals surface area contributed by atoms with E-state index in [-0.39, 0.29) is 28.0 Å². The number of anilines is 1. The van der Waals surface area contributed by atoms with Crippen molar-refractivity contribution in [1.29, 1.82) is 0 Å². The monoisotopic (exact) mass is 590 g/mol. The lowest BCUT2D eigenvalue weighted by Gasteiger charge is -2.49. The van der Waals surface area contributed by atoms with Crippen molar-refractivity contribution >= 4 is 67.8 Å². The molecule has 19 heteroatoms. The number of fused-ring (bicyclic) bond motifs is 1. The van der Waals surface area contributed by atoms with Crippen molar-refractivity contribution in [2.45, 2.75) is 36.0 Å². The van der Waals surface area contributed by atoms with E-state index in [1.54, 1.807) is 14.0 Å². The van der Waals surface area contributed by atoms with Gasteiger partial charge in [0, 0.05) is 23.9 Å². The molecule has 3 atom stereocenters. The molecule has 37 heavy (non-hydrogen) atoms. The number of nitrogens with one attached hydrogen (secondary N) is 2. The third-order valence-corrected chi connectivity index (χ3v) is 10.1. The first kappa shape index (κ1) is 27.3. The molecule has 0 spiro atoms. The zero-order valence-electron chi connectivity index (χ0n) is 19.4. The number of carbonyl (C=O) groups is 3. The van der Waals surface area contributed by atoms with Crippen LogP contribution >= 0.6 is 34.9 Å². The Hall–Kier alpha value is -2.74. The number of carboxylic acids is 1. The summed E-state index contributed by atoms with van der Waals surface area (Å²) >= 11 is 3.42. The topological polar surface area (TPSA) is 210 Å². The van der Waals surface area contributed by atoms with Crippen LogP contribution in [0.15, 0.2) is 21.8 Å². The summed E-state index contributed by atoms with van der Waals surface area (Å²) in [6.45, 7) is 1.71. The van der Waals surface area contributed by atoms with Gasteiger partial charge in [0.2, 0.25) is 15.2 Å². The fourth-order valence-corrected chi connectivity index (χ4v) is 8.00. The Morgan fingerprint density at radius 2 is 2.14 bits per heavy atom. The number of aliphatic hydroxyl groups excluding tert-OH is 1. The molecule has 0 radical (unpaired) electrons. The second-order valence-corrected chi connectivity index (χ2v) is 12.7. The number of hydrogen-bond donors (Lipinski definition) is 4. The highest BCUT2D eigenvalue weighted by Crippen LogP contribution is 2.41. The predicted molar refractivity (Wildman–Crippen MR) is 134 cm³/mol. The van der Waals surface area contributed by atoms with Gasteiger partial charge in [0.15, 0.2) is 11.2 Å². The number of thiazole rings is 1. The fourth-order valence-electron chi connectivity index (χ4n) is 3.57. The van der Waals surface area contributed by atoms with Crippen LogP contribution in [0.2, 0.25) is 0 Å². The van der Waals surface area contributed by atoms with E-state index in [0.717, 1.165) is 16.2 Å². The number of thioether (sulfide) groups is 2. The van der Waals surface area contributed by atoms with Crippen molar-refractivity contribution in [2.75, 3.05) is 22.0 Å². The van der Waals surface area contributed by atoms with Crippen molar-refractivity contribution < 1.29 is 33.0 Å². The molecule has 0 saturated carbocycles. The average molecular weight is 591 g/mol. The molecule has 4 N–H and O–H groups in total. The molecule has 15 nitrogen and oxygen atoms in total. The minimum Gasteiger partial charge on any atom is -0.477 e. The van der Waals surface area contributed by atoms with Crippen LogP contribution < -0.4 is 10.0 Å². The number of sulfonamides is 1. The van der Waals surface area contributed by atoms with Crippen molar-refractivity contribution in [2.24, 2.45) is 7.05 Å². The molecule has 2 aromatic rings. The predicted octanol–water partition coefficient (Wildman–Crippen LogP) is -0.617. The van der Waals surface area contributed by atoms with E-state index < -0.39 is 45.3 Å². The maximum atomic E-state index is 12.8. The van der Waals surface area contributed by atoms with Crippen molar-refractivity contribution in [3.8, 4) is 0 Å². The smallest absolute Gasteiger partial charge is 0.352 e. The van der Waals surface area contributed by atoms with Crippen LogP contribution in [0.1, 0.15) is 25.1 Å². The van der Waals surface area contributed by atoms with Crippen molar-refractivity contribution in [1.82, 2.24) is 35.4 Å². The van der Waals surface area contributed by atoms with Crippen LogP contribution in [0.3, 0.4) is 0 Å². The van der Waals surface area contributed by atoms with E-state index in [9.17, 15) is 33.0 Å². The van der Waals surface area contributed by atoms with Gasteiger partial charge in [-0.15, -0.1) is 28.2 Å². The van der Waals surface area contributed by atoms with E-state index in [2.05, 4.69) is 30.5 Å². The molecule has 0 aliphatic carbocycles. The average Bonchev–Trinajstić information content (AvgIpc) is 3.47. The van der Waals surface area contributed by atoms with Gasteiger partial charge >= 0.3 is 5.97 Å². The Kier molecular flexibility index (Phi) is 8.07. The highest BCUT2D eigenvalue weighted by molar-refractivity contribution is 8.01. The summed E-state index contributed by atoms with van der Waals surface area (Å²) in [6, 6.07) is -1.04. The molecule has 2 aliphatic heterocycles. The number of carboxylic acid groups (broad SMARTS) is 1. The van der Waals surface area contributed by atoms with Crippen LogP contribution in [-0.4, -0.2) is 95.2 Å². The van der Waals surface area contributed by atoms with E-state index in [1.165, 1.54) is 33.6 Å². The SMILES string of the molecule is CCCS(=O)(=O)Nc1nc(C(O)C(=O)NC2C(=O)N3C(C(=O)O)=C(CSc4nnnn4C)CS[C@@H]23)cs1. The van der Waals surface area contributed by atoms with Crippen LogP contribution in [0.25, 0.3) is 0 Å². The van der Waals surface area contributed by atoms with Crippen LogP contribution in [-0.2, 0) is 31.5 Å². The Labute approximate surface area is 223 Å². The molecule has 0 bridgehead atoms. The van der Waals surface area contributed by atoms with E-state index in [4.69, 9.17) is 0 Å². The number of amides is 2. The van der Waals surface area contributed by atoms with Gasteiger partial charge in [0.25, 0.3) is 11.8 Å². The molecule has 1 fully saturated rings. The Morgan fingerprint density at radius 1 is 1.38 bits per heavy atom. The normalized spacial score (nSPS) is 20.3. The van der Waals surface area contributed by atoms with E-state index in [1.807, 2.05) is 0 Å². The summed E-state index contributed by atoms with van der Waals surface area (Å²) < 4.78 is 27.5. The number of rotatable bonds is 11. The number of aryl methyl sites for hydroxylation is 1. The first-order chi connectivity index (χ1) is 17.5. The summed E-state index contributed by atoms with van der Waals surface area (Å²) in [4.78, 5) is 42.6. The standard InChI is InChI=1S/C18H22N8O7S4/c1-3-4-37(32,33)22-17-19-9(7-35-17)12(27)13(28)20-10-14(29)26-11(16(30)31)8(5-34-15(10)26)6-36-18-21-23-24-25(18)2/h7,10,12,15,27H,3-6H2,1-2H3,(H,19,22)(H,20,28)(H,30,31)/t10?,12?,15-/m0/s1. The zero-order chi connectivity index (χ0) is 26.9. The van der Waals surface area contributed by atoms with Crippen LogP contribution in [0.5, 0.6) is 0 Å². The Balaban J connectivity index is 1.41. The van der Waals surface area contributed by atoms with Gasteiger partial charge in [0.1, 0.15) is 17.1 Å². The van der Waals surface area contributed by atoms with Crippen LogP contribution in [0.4, 0.5) is 5.13 Å². The molecular formula is C18H22N8O7S4. The zero-order valence-corrected chi connectivity index (χ0v) is 22.7. The van der Waals surface area contributed by atoms with Crippen LogP contribution in [0, 0.1) is 0 Å². The number of aliphatic carboxylic acids is 1. The van der Waals surface area contributed by atoms with Gasteiger partial charge in [-0.2, -0.15) is 0 Å². The third-order valence-electron chi connectivity index (χ3n) is 5.27. The number of carbonyl (C=O) groups excluding carboxylic acids is 2. The maximum Gasteiger partial charge on any atom is 0.352 e. The molecular weight excluding hydrogens is 569 g/mol. The largest absolute Gasteiger partial charge is 0.477 e. The summed E-state index contributed by atoms with van der Waals surface area (Å²) in [7, 11) is -1.94. The molecule has 2 amide bonds. The molecule has 4 heterocycles. The number of tetrazole rings is 1. The minimum absolute atomic E-state index is 0.00257. The molecule has 1 saturated heterocycles. The minimum atomic E-state index is -3.59. The second-order valence-electron chi connectivity index (χ2n) is 7.93. The lowest BCUT2D eigenvalue weighted by molar-refractivity contribution is -0.151. The van der Waals surface area contributed by atoms with Gasteiger partial charge in [-0.1, -0.05) is 18.7 Å². The highest BCUT2D eigenvalue weighted by atomic mass is 32.2. The lowest BCUT2D eigenvalue weighted by Crippen LogP contribution is -2.70. The van der Waals surface area contributed by atoms with Gasteiger partial charge in [-0.3, -0.25) is 19.2 Å². The molecule has 0 aromatic carbocycles. The number of aromatic nitrogens is 5. The summed E-state index contributed by atoms with van der Waals surface area (Å²) in [5, 5.41) is 34.9.